The number of likely N-dealkylation sites (N-methyl/N-ethyl adjacent to an activating group) is 1. The number of aliphatic hydroxyl groups is 1. The van der Waals surface area contributed by atoms with Crippen LogP contribution in [0, 0.1) is 0 Å². The number of ether oxygens (including phenoxy) is 2. The van der Waals surface area contributed by atoms with Gasteiger partial charge in [-0.15, -0.1) is 0 Å². The Hall–Kier alpha value is -2.57. The molecular weight excluding hydrogens is 368 g/mol. The summed E-state index contributed by atoms with van der Waals surface area (Å²) >= 11 is 0. The van der Waals surface area contributed by atoms with Crippen molar-refractivity contribution in [3.05, 3.63) is 59.7 Å². The Morgan fingerprint density at radius 1 is 1.24 bits per heavy atom. The number of carbonyl (C=O) groups excluding carboxylic acids is 1. The molecule has 1 aliphatic heterocycles. The van der Waals surface area contributed by atoms with Crippen LogP contribution < -0.4 is 9.47 Å². The summed E-state index contributed by atoms with van der Waals surface area (Å²) in [5, 5.41) is 10.8. The zero-order valence-electron chi connectivity index (χ0n) is 17.4. The number of carbonyl (C=O) groups is 1. The van der Waals surface area contributed by atoms with E-state index in [-0.39, 0.29) is 5.91 Å². The van der Waals surface area contributed by atoms with Gasteiger partial charge < -0.3 is 24.4 Å². The molecule has 0 bridgehead atoms. The van der Waals surface area contributed by atoms with E-state index in [1.807, 2.05) is 67.5 Å². The molecule has 1 N–H and O–H groups in total. The molecule has 2 aromatic rings. The van der Waals surface area contributed by atoms with Gasteiger partial charge in [-0.05, 0) is 50.8 Å². The Morgan fingerprint density at radius 3 is 2.72 bits per heavy atom. The molecule has 3 rings (SSSR count). The quantitative estimate of drug-likeness (QED) is 0.777. The minimum atomic E-state index is -0.983. The Bertz CT molecular complexity index is 821. The topological polar surface area (TPSA) is 62.2 Å². The van der Waals surface area contributed by atoms with E-state index < -0.39 is 5.60 Å². The molecule has 1 unspecified atom stereocenters. The number of amides is 1. The summed E-state index contributed by atoms with van der Waals surface area (Å²) in [6.45, 7) is 4.09. The van der Waals surface area contributed by atoms with Crippen molar-refractivity contribution in [2.24, 2.45) is 0 Å². The lowest BCUT2D eigenvalue weighted by Crippen LogP contribution is -2.35. The predicted octanol–water partition coefficient (Wildman–Crippen LogP) is 2.65. The minimum Gasteiger partial charge on any atom is -0.493 e. The van der Waals surface area contributed by atoms with Crippen molar-refractivity contribution in [2.75, 3.05) is 40.4 Å². The Morgan fingerprint density at radius 2 is 2.00 bits per heavy atom. The van der Waals surface area contributed by atoms with Crippen molar-refractivity contribution in [1.29, 1.82) is 0 Å². The van der Waals surface area contributed by atoms with Crippen molar-refractivity contribution in [3.63, 3.8) is 0 Å². The number of hydrogen-bond acceptors (Lipinski definition) is 5. The van der Waals surface area contributed by atoms with Gasteiger partial charge in [0.15, 0.2) is 0 Å². The monoisotopic (exact) mass is 398 g/mol. The molecule has 0 fully saturated rings. The molecule has 0 aromatic heterocycles. The van der Waals surface area contributed by atoms with Crippen molar-refractivity contribution in [2.45, 2.75) is 25.5 Å². The maximum atomic E-state index is 12.7. The molecule has 0 spiro atoms. The van der Waals surface area contributed by atoms with Gasteiger partial charge >= 0.3 is 0 Å². The highest BCUT2D eigenvalue weighted by Crippen LogP contribution is 2.30. The second kappa shape index (κ2) is 9.29. The number of benzene rings is 2. The van der Waals surface area contributed by atoms with Crippen molar-refractivity contribution < 1.29 is 19.4 Å². The molecule has 156 valence electrons. The van der Waals surface area contributed by atoms with Crippen LogP contribution in [0.25, 0.3) is 0 Å². The van der Waals surface area contributed by atoms with Crippen LogP contribution in [0.3, 0.4) is 0 Å². The normalized spacial score (nSPS) is 15.8. The largest absolute Gasteiger partial charge is 0.493 e. The van der Waals surface area contributed by atoms with Crippen molar-refractivity contribution in [1.82, 2.24) is 9.80 Å². The van der Waals surface area contributed by atoms with E-state index >= 15 is 0 Å². The van der Waals surface area contributed by atoms with Crippen LogP contribution in [0.4, 0.5) is 0 Å². The van der Waals surface area contributed by atoms with E-state index in [1.165, 1.54) is 0 Å². The lowest BCUT2D eigenvalue weighted by Gasteiger charge is -2.28. The summed E-state index contributed by atoms with van der Waals surface area (Å²) in [6.07, 6.45) is 0.308. The molecule has 0 saturated heterocycles. The number of hydrogen-bond donors (Lipinski definition) is 1. The van der Waals surface area contributed by atoms with E-state index in [1.54, 1.807) is 11.8 Å². The fraction of sp³-hybridized carbons (Fsp3) is 0.435. The molecule has 2 aromatic carbocycles. The fourth-order valence-electron chi connectivity index (χ4n) is 3.58. The summed E-state index contributed by atoms with van der Waals surface area (Å²) in [5.74, 6) is 1.56. The predicted molar refractivity (Wildman–Crippen MR) is 112 cm³/mol. The molecular formula is C23H30N2O4. The Labute approximate surface area is 172 Å². The lowest BCUT2D eigenvalue weighted by molar-refractivity contribution is -0.132. The summed E-state index contributed by atoms with van der Waals surface area (Å²) in [6, 6.07) is 15.2. The van der Waals surface area contributed by atoms with Crippen LogP contribution >= 0.6 is 0 Å². The average Bonchev–Trinajstić information content (AvgIpc) is 2.89. The van der Waals surface area contributed by atoms with E-state index in [4.69, 9.17) is 9.47 Å². The van der Waals surface area contributed by atoms with Crippen LogP contribution in [0.1, 0.15) is 24.5 Å². The number of nitrogens with zero attached hydrogens (tertiary/aromatic N) is 2. The van der Waals surface area contributed by atoms with Gasteiger partial charge in [0.25, 0.3) is 0 Å². The SMILES string of the molecule is CN(C)CC(C)(O)c1ccc2c(c1)CN(C(=O)CCOc1ccccc1)CCO2. The number of para-hydroxylation sites is 1. The second-order valence-electron chi connectivity index (χ2n) is 7.91. The summed E-state index contributed by atoms with van der Waals surface area (Å²) in [4.78, 5) is 16.5. The molecule has 0 aliphatic carbocycles. The first kappa shape index (κ1) is 21.1. The van der Waals surface area contributed by atoms with E-state index in [0.29, 0.717) is 39.3 Å². The lowest BCUT2D eigenvalue weighted by atomic mass is 9.93. The standard InChI is InChI=1S/C23H30N2O4/c1-23(27,17-24(2)3)19-9-10-21-18(15-19)16-25(12-14-29-21)22(26)11-13-28-20-7-5-4-6-8-20/h4-10,15,27H,11-14,16-17H2,1-3H3. The molecule has 1 amide bonds. The zero-order chi connectivity index (χ0) is 20.9. The first-order valence-electron chi connectivity index (χ1n) is 9.94. The third kappa shape index (κ3) is 5.71. The first-order chi connectivity index (χ1) is 13.8. The van der Waals surface area contributed by atoms with Gasteiger partial charge in [-0.3, -0.25) is 4.79 Å². The molecule has 29 heavy (non-hydrogen) atoms. The van der Waals surface area contributed by atoms with Crippen LogP contribution in [0.15, 0.2) is 48.5 Å². The highest BCUT2D eigenvalue weighted by atomic mass is 16.5. The third-order valence-electron chi connectivity index (χ3n) is 4.97. The Balaban J connectivity index is 1.65. The molecule has 6 heteroatoms. The minimum absolute atomic E-state index is 0.0304. The Kier molecular flexibility index (Phi) is 6.77. The molecule has 0 radical (unpaired) electrons. The highest BCUT2D eigenvalue weighted by Gasteiger charge is 2.27. The van der Waals surface area contributed by atoms with Gasteiger partial charge in [0.1, 0.15) is 18.1 Å². The summed E-state index contributed by atoms with van der Waals surface area (Å²) in [7, 11) is 3.86. The number of rotatable bonds is 7. The van der Waals surface area contributed by atoms with Crippen molar-refractivity contribution >= 4 is 5.91 Å². The van der Waals surface area contributed by atoms with Crippen LogP contribution in [0.2, 0.25) is 0 Å². The molecule has 0 saturated carbocycles. The molecule has 1 heterocycles. The van der Waals surface area contributed by atoms with Crippen molar-refractivity contribution in [3.8, 4) is 11.5 Å². The van der Waals surface area contributed by atoms with Gasteiger partial charge in [0.05, 0.1) is 25.2 Å². The fourth-order valence-corrected chi connectivity index (χ4v) is 3.58. The van der Waals surface area contributed by atoms with Crippen LogP contribution in [-0.4, -0.2) is 61.2 Å². The second-order valence-corrected chi connectivity index (χ2v) is 7.91. The van der Waals surface area contributed by atoms with Crippen LogP contribution in [0.5, 0.6) is 11.5 Å². The van der Waals surface area contributed by atoms with Crippen LogP contribution in [-0.2, 0) is 16.9 Å². The summed E-state index contributed by atoms with van der Waals surface area (Å²) < 4.78 is 11.5. The number of fused-ring (bicyclic) bond motifs is 1. The molecule has 1 atom stereocenters. The molecule has 1 aliphatic rings. The van der Waals surface area contributed by atoms with Gasteiger partial charge in [0.2, 0.25) is 5.91 Å². The maximum Gasteiger partial charge on any atom is 0.226 e. The molecule has 6 nitrogen and oxygen atoms in total. The average molecular weight is 399 g/mol. The van der Waals surface area contributed by atoms with Gasteiger partial charge in [-0.2, -0.15) is 0 Å². The van der Waals surface area contributed by atoms with E-state index in [2.05, 4.69) is 0 Å². The highest BCUT2D eigenvalue weighted by molar-refractivity contribution is 5.76. The van der Waals surface area contributed by atoms with E-state index in [0.717, 1.165) is 22.6 Å². The smallest absolute Gasteiger partial charge is 0.226 e. The van der Waals surface area contributed by atoms with Gasteiger partial charge in [-0.25, -0.2) is 0 Å². The van der Waals surface area contributed by atoms with Gasteiger partial charge in [0, 0.05) is 18.7 Å². The summed E-state index contributed by atoms with van der Waals surface area (Å²) in [5.41, 5.74) is 0.745. The van der Waals surface area contributed by atoms with Gasteiger partial charge in [-0.1, -0.05) is 24.3 Å². The third-order valence-corrected chi connectivity index (χ3v) is 4.97. The first-order valence-corrected chi connectivity index (χ1v) is 9.94. The zero-order valence-corrected chi connectivity index (χ0v) is 17.4. The van der Waals surface area contributed by atoms with E-state index in [9.17, 15) is 9.90 Å². The maximum absolute atomic E-state index is 12.7.